The van der Waals surface area contributed by atoms with Crippen LogP contribution in [0.5, 0.6) is 0 Å². The molecule has 0 saturated heterocycles. The van der Waals surface area contributed by atoms with E-state index in [2.05, 4.69) is 11.1 Å². The average molecular weight is 211 g/mol. The van der Waals surface area contributed by atoms with Crippen LogP contribution in [0.15, 0.2) is 42.7 Å². The molecule has 0 N–H and O–H groups in total. The summed E-state index contributed by atoms with van der Waals surface area (Å²) in [5.41, 5.74) is 3.93. The van der Waals surface area contributed by atoms with Gasteiger partial charge in [-0.05, 0) is 37.1 Å². The monoisotopic (exact) mass is 211 g/mol. The molecule has 2 nitrogen and oxygen atoms in total. The van der Waals surface area contributed by atoms with E-state index in [0.29, 0.717) is 0 Å². The maximum Gasteiger partial charge on any atom is 0.159 e. The van der Waals surface area contributed by atoms with Gasteiger partial charge < -0.3 is 0 Å². The van der Waals surface area contributed by atoms with Crippen molar-refractivity contribution in [2.24, 2.45) is 0 Å². The molecule has 0 atom stereocenters. The topological polar surface area (TPSA) is 30.0 Å². The van der Waals surface area contributed by atoms with Crippen LogP contribution in [0, 0.1) is 6.92 Å². The molecule has 0 aliphatic heterocycles. The summed E-state index contributed by atoms with van der Waals surface area (Å²) < 4.78 is 0. The smallest absolute Gasteiger partial charge is 0.159 e. The van der Waals surface area contributed by atoms with Crippen LogP contribution in [-0.2, 0) is 0 Å². The molecule has 0 aliphatic rings. The number of Topliss-reactive ketones (excluding diaryl/α,β-unsaturated/α-hetero) is 1. The van der Waals surface area contributed by atoms with Gasteiger partial charge in [0.15, 0.2) is 5.78 Å². The standard InChI is InChI=1S/C14H13NO/c1-10-6-14(9-15-8-10)13-5-3-4-12(7-13)11(2)16/h3-9H,1-2H3. The molecule has 0 amide bonds. The summed E-state index contributed by atoms with van der Waals surface area (Å²) >= 11 is 0. The summed E-state index contributed by atoms with van der Waals surface area (Å²) in [6, 6.07) is 9.68. The molecule has 0 saturated carbocycles. The minimum Gasteiger partial charge on any atom is -0.295 e. The highest BCUT2D eigenvalue weighted by Gasteiger charge is 2.02. The van der Waals surface area contributed by atoms with E-state index < -0.39 is 0 Å². The van der Waals surface area contributed by atoms with Crippen molar-refractivity contribution in [3.8, 4) is 11.1 Å². The van der Waals surface area contributed by atoms with E-state index in [0.717, 1.165) is 22.3 Å². The Kier molecular flexibility index (Phi) is 2.82. The first-order valence-corrected chi connectivity index (χ1v) is 5.20. The molecule has 2 rings (SSSR count). The molecule has 1 aromatic heterocycles. The number of hydrogen-bond acceptors (Lipinski definition) is 2. The number of rotatable bonds is 2. The SMILES string of the molecule is CC(=O)c1cccc(-c2cncc(C)c2)c1. The minimum absolute atomic E-state index is 0.0856. The Morgan fingerprint density at radius 2 is 1.94 bits per heavy atom. The zero-order chi connectivity index (χ0) is 11.5. The first kappa shape index (κ1) is 10.6. The second kappa shape index (κ2) is 4.27. The fourth-order valence-corrected chi connectivity index (χ4v) is 1.63. The van der Waals surface area contributed by atoms with Crippen molar-refractivity contribution >= 4 is 5.78 Å². The summed E-state index contributed by atoms with van der Waals surface area (Å²) in [5.74, 6) is 0.0856. The van der Waals surface area contributed by atoms with Crippen LogP contribution in [0.4, 0.5) is 0 Å². The minimum atomic E-state index is 0.0856. The second-order valence-electron chi connectivity index (χ2n) is 3.89. The molecule has 0 radical (unpaired) electrons. The quantitative estimate of drug-likeness (QED) is 0.714. The van der Waals surface area contributed by atoms with Crippen LogP contribution in [0.3, 0.4) is 0 Å². The van der Waals surface area contributed by atoms with E-state index in [1.165, 1.54) is 0 Å². The van der Waals surface area contributed by atoms with Gasteiger partial charge in [0.25, 0.3) is 0 Å². The fourth-order valence-electron chi connectivity index (χ4n) is 1.63. The van der Waals surface area contributed by atoms with Crippen molar-refractivity contribution in [2.45, 2.75) is 13.8 Å². The van der Waals surface area contributed by atoms with Crippen LogP contribution in [0.25, 0.3) is 11.1 Å². The van der Waals surface area contributed by atoms with Crippen molar-refractivity contribution in [3.63, 3.8) is 0 Å². The van der Waals surface area contributed by atoms with Gasteiger partial charge in [0, 0.05) is 23.5 Å². The molecule has 0 spiro atoms. The third-order valence-electron chi connectivity index (χ3n) is 2.48. The van der Waals surface area contributed by atoms with Crippen molar-refractivity contribution in [1.29, 1.82) is 0 Å². The number of ketones is 1. The normalized spacial score (nSPS) is 10.1. The number of aryl methyl sites for hydroxylation is 1. The summed E-state index contributed by atoms with van der Waals surface area (Å²) in [6.45, 7) is 3.58. The van der Waals surface area contributed by atoms with Crippen LogP contribution in [0.2, 0.25) is 0 Å². The Bertz CT molecular complexity index is 532. The lowest BCUT2D eigenvalue weighted by atomic mass is 10.0. The van der Waals surface area contributed by atoms with Crippen LogP contribution >= 0.6 is 0 Å². The van der Waals surface area contributed by atoms with Gasteiger partial charge in [-0.2, -0.15) is 0 Å². The lowest BCUT2D eigenvalue weighted by Crippen LogP contribution is -1.92. The number of aromatic nitrogens is 1. The Morgan fingerprint density at radius 3 is 2.62 bits per heavy atom. The number of benzene rings is 1. The van der Waals surface area contributed by atoms with E-state index in [-0.39, 0.29) is 5.78 Å². The van der Waals surface area contributed by atoms with Crippen LogP contribution in [-0.4, -0.2) is 10.8 Å². The lowest BCUT2D eigenvalue weighted by Gasteiger charge is -2.03. The van der Waals surface area contributed by atoms with Gasteiger partial charge in [0.05, 0.1) is 0 Å². The third-order valence-corrected chi connectivity index (χ3v) is 2.48. The molecule has 2 aromatic rings. The summed E-state index contributed by atoms with van der Waals surface area (Å²) in [7, 11) is 0. The van der Waals surface area contributed by atoms with Gasteiger partial charge in [-0.1, -0.05) is 18.2 Å². The van der Waals surface area contributed by atoms with Crippen molar-refractivity contribution in [3.05, 3.63) is 53.9 Å². The number of carbonyl (C=O) groups excluding carboxylic acids is 1. The second-order valence-corrected chi connectivity index (χ2v) is 3.89. The van der Waals surface area contributed by atoms with Crippen molar-refractivity contribution < 1.29 is 4.79 Å². The molecule has 0 bridgehead atoms. The molecule has 1 aromatic carbocycles. The molecule has 0 unspecified atom stereocenters. The predicted octanol–water partition coefficient (Wildman–Crippen LogP) is 3.26. The highest BCUT2D eigenvalue weighted by molar-refractivity contribution is 5.95. The van der Waals surface area contributed by atoms with E-state index >= 15 is 0 Å². The third kappa shape index (κ3) is 2.16. The van der Waals surface area contributed by atoms with Gasteiger partial charge in [-0.15, -0.1) is 0 Å². The molecule has 0 fully saturated rings. The van der Waals surface area contributed by atoms with Crippen molar-refractivity contribution in [2.75, 3.05) is 0 Å². The van der Waals surface area contributed by atoms with E-state index in [4.69, 9.17) is 0 Å². The Morgan fingerprint density at radius 1 is 1.12 bits per heavy atom. The molecule has 1 heterocycles. The molecular weight excluding hydrogens is 198 g/mol. The first-order chi connectivity index (χ1) is 7.66. The molecule has 0 aliphatic carbocycles. The van der Waals surface area contributed by atoms with Gasteiger partial charge in [0.1, 0.15) is 0 Å². The van der Waals surface area contributed by atoms with Crippen LogP contribution < -0.4 is 0 Å². The summed E-state index contributed by atoms with van der Waals surface area (Å²) in [6.07, 6.45) is 3.63. The molecule has 80 valence electrons. The molecule has 2 heteroatoms. The number of nitrogens with zero attached hydrogens (tertiary/aromatic N) is 1. The largest absolute Gasteiger partial charge is 0.295 e. The number of hydrogen-bond donors (Lipinski definition) is 0. The van der Waals surface area contributed by atoms with E-state index in [1.807, 2.05) is 43.6 Å². The maximum atomic E-state index is 11.3. The maximum absolute atomic E-state index is 11.3. The zero-order valence-corrected chi connectivity index (χ0v) is 9.40. The summed E-state index contributed by atoms with van der Waals surface area (Å²) in [4.78, 5) is 15.4. The van der Waals surface area contributed by atoms with Gasteiger partial charge in [0.2, 0.25) is 0 Å². The van der Waals surface area contributed by atoms with E-state index in [9.17, 15) is 4.79 Å². The average Bonchev–Trinajstić information content (AvgIpc) is 2.29. The fraction of sp³-hybridized carbons (Fsp3) is 0.143. The first-order valence-electron chi connectivity index (χ1n) is 5.20. The lowest BCUT2D eigenvalue weighted by molar-refractivity contribution is 0.101. The molecular formula is C14H13NO. The predicted molar refractivity (Wildman–Crippen MR) is 64.4 cm³/mol. The Hall–Kier alpha value is -1.96. The summed E-state index contributed by atoms with van der Waals surface area (Å²) in [5, 5.41) is 0. The van der Waals surface area contributed by atoms with Gasteiger partial charge >= 0.3 is 0 Å². The van der Waals surface area contributed by atoms with Crippen molar-refractivity contribution in [1.82, 2.24) is 4.98 Å². The van der Waals surface area contributed by atoms with Crippen LogP contribution in [0.1, 0.15) is 22.8 Å². The molecule has 16 heavy (non-hydrogen) atoms. The Labute approximate surface area is 95.0 Å². The van der Waals surface area contributed by atoms with E-state index in [1.54, 1.807) is 6.92 Å². The van der Waals surface area contributed by atoms with Gasteiger partial charge in [-0.25, -0.2) is 0 Å². The Balaban J connectivity index is 2.48. The highest BCUT2D eigenvalue weighted by atomic mass is 16.1. The van der Waals surface area contributed by atoms with Gasteiger partial charge in [-0.3, -0.25) is 9.78 Å². The highest BCUT2D eigenvalue weighted by Crippen LogP contribution is 2.20. The zero-order valence-electron chi connectivity index (χ0n) is 9.40. The number of pyridine rings is 1. The number of carbonyl (C=O) groups is 1.